The van der Waals surface area contributed by atoms with Gasteiger partial charge in [-0.25, -0.2) is 0 Å². The van der Waals surface area contributed by atoms with Gasteiger partial charge in [0.05, 0.1) is 0 Å². The molecule has 0 amide bonds. The average molecular weight is 354 g/mol. The zero-order chi connectivity index (χ0) is 13.0. The van der Waals surface area contributed by atoms with Crippen LogP contribution in [-0.4, -0.2) is 11.1 Å². The van der Waals surface area contributed by atoms with Crippen molar-refractivity contribution in [2.24, 2.45) is 0 Å². The van der Waals surface area contributed by atoms with Gasteiger partial charge in [-0.3, -0.25) is 0 Å². The highest BCUT2D eigenvalue weighted by Crippen LogP contribution is 2.14. The van der Waals surface area contributed by atoms with Gasteiger partial charge in [-0.2, -0.15) is 0 Å². The number of hydrogen-bond acceptors (Lipinski definition) is 1. The van der Waals surface area contributed by atoms with Gasteiger partial charge in [-0.15, -0.1) is 0 Å². The fourth-order valence-corrected chi connectivity index (χ4v) is 2.40. The molecule has 2 nitrogen and oxygen atoms in total. The molecule has 1 unspecified atom stereocenters. The highest BCUT2D eigenvalue weighted by molar-refractivity contribution is 14.1. The van der Waals surface area contributed by atoms with Gasteiger partial charge in [0.1, 0.15) is 0 Å². The fourth-order valence-electron chi connectivity index (χ4n) is 2.04. The second-order valence-corrected chi connectivity index (χ2v) is 5.77. The second-order valence-electron chi connectivity index (χ2n) is 4.52. The van der Waals surface area contributed by atoms with Crippen LogP contribution in [0, 0.1) is 3.57 Å². The lowest BCUT2D eigenvalue weighted by Gasteiger charge is -2.10. The van der Waals surface area contributed by atoms with E-state index >= 15 is 0 Å². The van der Waals surface area contributed by atoms with Crippen LogP contribution in [0.15, 0.2) is 42.7 Å². The summed E-state index contributed by atoms with van der Waals surface area (Å²) in [7, 11) is 0. The Labute approximate surface area is 123 Å². The van der Waals surface area contributed by atoms with Crippen LogP contribution in [0.1, 0.15) is 31.0 Å². The summed E-state index contributed by atoms with van der Waals surface area (Å²) >= 11 is 2.33. The molecule has 0 aliphatic rings. The van der Waals surface area contributed by atoms with Gasteiger partial charge in [-0.05, 0) is 65.4 Å². The van der Waals surface area contributed by atoms with Gasteiger partial charge in [0.15, 0.2) is 0 Å². The van der Waals surface area contributed by atoms with Crippen LogP contribution in [0.4, 0.5) is 0 Å². The summed E-state index contributed by atoms with van der Waals surface area (Å²) in [4.78, 5) is 0. The Bertz CT molecular complexity index is 487. The molecule has 1 aromatic carbocycles. The summed E-state index contributed by atoms with van der Waals surface area (Å²) in [5, 5.41) is 3.43. The van der Waals surface area contributed by atoms with E-state index in [1.807, 2.05) is 0 Å². The van der Waals surface area contributed by atoms with Crippen molar-refractivity contribution in [1.82, 2.24) is 9.88 Å². The SMILES string of the molecule is CCNC(C)c1ccn(Cc2ccc(I)cc2)c1. The number of aromatic nitrogens is 1. The van der Waals surface area contributed by atoms with Gasteiger partial charge in [0, 0.05) is 28.6 Å². The molecule has 2 aromatic rings. The zero-order valence-corrected chi connectivity index (χ0v) is 13.0. The van der Waals surface area contributed by atoms with Gasteiger partial charge in [0.2, 0.25) is 0 Å². The molecule has 0 spiro atoms. The van der Waals surface area contributed by atoms with Crippen molar-refractivity contribution in [2.75, 3.05) is 6.54 Å². The van der Waals surface area contributed by atoms with E-state index in [1.165, 1.54) is 14.7 Å². The fraction of sp³-hybridized carbons (Fsp3) is 0.333. The quantitative estimate of drug-likeness (QED) is 0.808. The van der Waals surface area contributed by atoms with Gasteiger partial charge < -0.3 is 9.88 Å². The topological polar surface area (TPSA) is 17.0 Å². The average Bonchev–Trinajstić information content (AvgIpc) is 2.81. The second kappa shape index (κ2) is 6.38. The van der Waals surface area contributed by atoms with Crippen molar-refractivity contribution in [3.05, 3.63) is 57.4 Å². The Morgan fingerprint density at radius 2 is 1.94 bits per heavy atom. The third-order valence-electron chi connectivity index (χ3n) is 3.06. The third kappa shape index (κ3) is 3.59. The van der Waals surface area contributed by atoms with E-state index in [0.717, 1.165) is 13.1 Å². The Morgan fingerprint density at radius 3 is 2.61 bits per heavy atom. The van der Waals surface area contributed by atoms with Crippen LogP contribution in [0.25, 0.3) is 0 Å². The van der Waals surface area contributed by atoms with Crippen LogP contribution < -0.4 is 5.32 Å². The first-order valence-electron chi connectivity index (χ1n) is 6.32. The van der Waals surface area contributed by atoms with Gasteiger partial charge in [0.25, 0.3) is 0 Å². The van der Waals surface area contributed by atoms with E-state index < -0.39 is 0 Å². The molecule has 0 radical (unpaired) electrons. The minimum Gasteiger partial charge on any atom is -0.350 e. The van der Waals surface area contributed by atoms with Crippen LogP contribution in [0.5, 0.6) is 0 Å². The lowest BCUT2D eigenvalue weighted by atomic mass is 10.2. The number of benzene rings is 1. The third-order valence-corrected chi connectivity index (χ3v) is 3.78. The first-order chi connectivity index (χ1) is 8.69. The molecular formula is C15H19IN2. The smallest absolute Gasteiger partial charge is 0.0470 e. The first kappa shape index (κ1) is 13.6. The molecule has 0 aliphatic carbocycles. The molecule has 1 atom stereocenters. The predicted octanol–water partition coefficient (Wildman–Crippen LogP) is 3.81. The number of hydrogen-bond donors (Lipinski definition) is 1. The maximum absolute atomic E-state index is 3.43. The van der Waals surface area contributed by atoms with E-state index in [0.29, 0.717) is 6.04 Å². The van der Waals surface area contributed by atoms with Crippen molar-refractivity contribution in [1.29, 1.82) is 0 Å². The molecule has 18 heavy (non-hydrogen) atoms. The monoisotopic (exact) mass is 354 g/mol. The number of nitrogens with one attached hydrogen (secondary N) is 1. The highest BCUT2D eigenvalue weighted by Gasteiger charge is 2.05. The molecule has 0 bridgehead atoms. The molecule has 0 saturated heterocycles. The molecular weight excluding hydrogens is 335 g/mol. The zero-order valence-electron chi connectivity index (χ0n) is 10.9. The largest absolute Gasteiger partial charge is 0.350 e. The van der Waals surface area contributed by atoms with E-state index in [-0.39, 0.29) is 0 Å². The predicted molar refractivity (Wildman–Crippen MR) is 84.8 cm³/mol. The summed E-state index contributed by atoms with van der Waals surface area (Å²) in [6.07, 6.45) is 4.38. The summed E-state index contributed by atoms with van der Waals surface area (Å²) < 4.78 is 3.52. The molecule has 0 fully saturated rings. The lowest BCUT2D eigenvalue weighted by molar-refractivity contribution is 0.596. The first-order valence-corrected chi connectivity index (χ1v) is 7.40. The van der Waals surface area contributed by atoms with Crippen molar-refractivity contribution < 1.29 is 0 Å². The van der Waals surface area contributed by atoms with E-state index in [4.69, 9.17) is 0 Å². The maximum Gasteiger partial charge on any atom is 0.0470 e. The molecule has 96 valence electrons. The van der Waals surface area contributed by atoms with Gasteiger partial charge in [-0.1, -0.05) is 19.1 Å². The number of rotatable bonds is 5. The summed E-state index contributed by atoms with van der Waals surface area (Å²) in [5.74, 6) is 0. The van der Waals surface area contributed by atoms with E-state index in [9.17, 15) is 0 Å². The van der Waals surface area contributed by atoms with Crippen molar-refractivity contribution in [2.45, 2.75) is 26.4 Å². The van der Waals surface area contributed by atoms with Crippen LogP contribution >= 0.6 is 22.6 Å². The summed E-state index contributed by atoms with van der Waals surface area (Å²) in [5.41, 5.74) is 2.69. The Balaban J connectivity index is 2.04. The number of nitrogens with zero attached hydrogens (tertiary/aromatic N) is 1. The van der Waals surface area contributed by atoms with Crippen LogP contribution in [-0.2, 0) is 6.54 Å². The standard InChI is InChI=1S/C15H19IN2/c1-3-17-12(2)14-8-9-18(11-14)10-13-4-6-15(16)7-5-13/h4-9,11-12,17H,3,10H2,1-2H3. The molecule has 0 aliphatic heterocycles. The molecule has 0 saturated carbocycles. The number of halogens is 1. The normalized spacial score (nSPS) is 12.6. The summed E-state index contributed by atoms with van der Waals surface area (Å²) in [6, 6.07) is 11.3. The van der Waals surface area contributed by atoms with Crippen molar-refractivity contribution in [3.63, 3.8) is 0 Å². The van der Waals surface area contributed by atoms with E-state index in [1.54, 1.807) is 0 Å². The molecule has 3 heteroatoms. The Kier molecular flexibility index (Phi) is 4.83. The maximum atomic E-state index is 3.43. The Hall–Kier alpha value is -0.810. The minimum absolute atomic E-state index is 0.424. The molecule has 2 rings (SSSR count). The highest BCUT2D eigenvalue weighted by atomic mass is 127. The Morgan fingerprint density at radius 1 is 1.22 bits per heavy atom. The van der Waals surface area contributed by atoms with Gasteiger partial charge >= 0.3 is 0 Å². The van der Waals surface area contributed by atoms with E-state index in [2.05, 4.69) is 89.0 Å². The summed E-state index contributed by atoms with van der Waals surface area (Å²) in [6.45, 7) is 6.28. The van der Waals surface area contributed by atoms with Crippen molar-refractivity contribution in [3.8, 4) is 0 Å². The lowest BCUT2D eigenvalue weighted by Crippen LogP contribution is -2.17. The molecule has 1 aromatic heterocycles. The molecule has 1 N–H and O–H groups in total. The van der Waals surface area contributed by atoms with Crippen LogP contribution in [0.2, 0.25) is 0 Å². The van der Waals surface area contributed by atoms with Crippen LogP contribution in [0.3, 0.4) is 0 Å². The molecule has 1 heterocycles. The van der Waals surface area contributed by atoms with Crippen molar-refractivity contribution >= 4 is 22.6 Å². The minimum atomic E-state index is 0.424.